The molecule has 0 radical (unpaired) electrons. The molecule has 0 saturated heterocycles. The van der Waals surface area contributed by atoms with Crippen LogP contribution in [0.1, 0.15) is 77.8 Å². The van der Waals surface area contributed by atoms with Crippen molar-refractivity contribution in [1.29, 1.82) is 0 Å². The zero-order valence-corrected chi connectivity index (χ0v) is 27.4. The maximum atomic E-state index is 14.8. The van der Waals surface area contributed by atoms with Gasteiger partial charge in [0, 0.05) is 31.5 Å². The van der Waals surface area contributed by atoms with Crippen molar-refractivity contribution in [2.24, 2.45) is 5.16 Å². The number of oxime groups is 1. The molecule has 3 aliphatic rings. The number of amides is 1. The van der Waals surface area contributed by atoms with Crippen LogP contribution < -0.4 is 5.32 Å². The van der Waals surface area contributed by atoms with Crippen molar-refractivity contribution in [3.05, 3.63) is 111 Å². The second-order valence-electron chi connectivity index (χ2n) is 13.0. The van der Waals surface area contributed by atoms with Crippen LogP contribution in [0.4, 0.5) is 4.39 Å². The Morgan fingerprint density at radius 1 is 1.04 bits per heavy atom. The van der Waals surface area contributed by atoms with Crippen LogP contribution in [-0.2, 0) is 32.0 Å². The molecule has 6 rings (SSSR count). The Kier molecular flexibility index (Phi) is 9.30. The summed E-state index contributed by atoms with van der Waals surface area (Å²) < 4.78 is 20.2. The molecule has 3 aromatic rings. The van der Waals surface area contributed by atoms with Crippen molar-refractivity contribution in [2.45, 2.75) is 64.2 Å². The van der Waals surface area contributed by atoms with Crippen molar-refractivity contribution < 1.29 is 28.3 Å². The third-order valence-corrected chi connectivity index (χ3v) is 8.88. The van der Waals surface area contributed by atoms with Crippen LogP contribution in [0.2, 0.25) is 5.02 Å². The fourth-order valence-electron chi connectivity index (χ4n) is 6.40. The van der Waals surface area contributed by atoms with Gasteiger partial charge < -0.3 is 19.8 Å². The Bertz CT molecular complexity index is 1780. The molecule has 10 heteroatoms. The molecule has 0 fully saturated rings. The highest BCUT2D eigenvalue weighted by molar-refractivity contribution is 6.31. The molecule has 1 N–H and O–H groups in total. The zero-order valence-electron chi connectivity index (χ0n) is 26.6. The molecule has 0 saturated carbocycles. The fourth-order valence-corrected chi connectivity index (χ4v) is 6.57. The molecule has 8 nitrogen and oxygen atoms in total. The number of hydrogen-bond donors (Lipinski definition) is 1. The average Bonchev–Trinajstić information content (AvgIpc) is 3.55. The molecule has 0 aliphatic carbocycles. The maximum Gasteiger partial charge on any atom is 0.338 e. The van der Waals surface area contributed by atoms with E-state index in [1.54, 1.807) is 62.1 Å². The third kappa shape index (κ3) is 7.01. The third-order valence-electron chi connectivity index (χ3n) is 8.59. The number of Topliss-reactive ketones (excluding diaryl/α,β-unsaturated/α-hetero) is 1. The molecule has 1 amide bonds. The summed E-state index contributed by atoms with van der Waals surface area (Å²) in [7, 11) is 0. The molecule has 244 valence electrons. The molecule has 0 bridgehead atoms. The van der Waals surface area contributed by atoms with Gasteiger partial charge in [-0.3, -0.25) is 9.59 Å². The van der Waals surface area contributed by atoms with E-state index in [2.05, 4.69) is 22.6 Å². The fraction of sp³-hybridized carbons (Fsp3) is 0.351. The topological polar surface area (TPSA) is 97.3 Å². The number of ether oxygens (including phenoxy) is 1. The van der Waals surface area contributed by atoms with Crippen molar-refractivity contribution in [1.82, 2.24) is 10.2 Å². The first kappa shape index (κ1) is 32.6. The van der Waals surface area contributed by atoms with Crippen LogP contribution in [0.5, 0.6) is 0 Å². The van der Waals surface area contributed by atoms with E-state index < -0.39 is 29.5 Å². The second-order valence-corrected chi connectivity index (χ2v) is 13.4. The normalized spacial score (nSPS) is 19.3. The number of rotatable bonds is 7. The van der Waals surface area contributed by atoms with Gasteiger partial charge in [-0.15, -0.1) is 0 Å². The summed E-state index contributed by atoms with van der Waals surface area (Å²) in [6, 6.07) is 16.5. The summed E-state index contributed by atoms with van der Waals surface area (Å²) in [6.45, 7) is 7.37. The summed E-state index contributed by atoms with van der Waals surface area (Å²) in [6.07, 6.45) is 2.70. The molecular weight excluding hydrogens is 621 g/mol. The van der Waals surface area contributed by atoms with Gasteiger partial charge in [0.1, 0.15) is 11.6 Å². The number of benzene rings is 3. The predicted molar refractivity (Wildman–Crippen MR) is 178 cm³/mol. The first-order valence-corrected chi connectivity index (χ1v) is 16.2. The van der Waals surface area contributed by atoms with Gasteiger partial charge in [0.25, 0.3) is 5.91 Å². The number of halogens is 2. The SMILES string of the molecule is CC(C)(C)OC(=O)c1ccc(CC(=O)[C@@H]2c3cccc(C4=CCNCC4)c3CCN2C(=O)[C@H]2CC(c3cccc(Cl)c3F)=NO2)cc1. The highest BCUT2D eigenvalue weighted by atomic mass is 35.5. The van der Waals surface area contributed by atoms with E-state index in [4.69, 9.17) is 21.2 Å². The molecule has 0 aromatic heterocycles. The zero-order chi connectivity index (χ0) is 33.3. The molecule has 3 heterocycles. The van der Waals surface area contributed by atoms with Gasteiger partial charge in [-0.05, 0) is 92.2 Å². The van der Waals surface area contributed by atoms with Gasteiger partial charge in [-0.1, -0.05) is 59.2 Å². The molecule has 0 unspecified atom stereocenters. The number of carbonyl (C=O) groups excluding carboxylic acids is 3. The van der Waals surface area contributed by atoms with Crippen LogP contribution in [0.25, 0.3) is 5.57 Å². The second kappa shape index (κ2) is 13.4. The van der Waals surface area contributed by atoms with Crippen molar-refractivity contribution in [3.63, 3.8) is 0 Å². The van der Waals surface area contributed by atoms with E-state index in [0.29, 0.717) is 24.1 Å². The van der Waals surface area contributed by atoms with Gasteiger partial charge in [0.05, 0.1) is 16.3 Å². The Morgan fingerprint density at radius 2 is 1.79 bits per heavy atom. The van der Waals surface area contributed by atoms with Gasteiger partial charge >= 0.3 is 5.97 Å². The predicted octanol–water partition coefficient (Wildman–Crippen LogP) is 6.24. The number of hydrogen-bond acceptors (Lipinski definition) is 7. The minimum atomic E-state index is -1.01. The Labute approximate surface area is 278 Å². The number of carbonyl (C=O) groups is 3. The van der Waals surface area contributed by atoms with E-state index in [1.165, 1.54) is 11.6 Å². The quantitative estimate of drug-likeness (QED) is 0.302. The summed E-state index contributed by atoms with van der Waals surface area (Å²) in [5, 5.41) is 7.34. The number of nitrogens with one attached hydrogen (secondary N) is 1. The average molecular weight is 658 g/mol. The lowest BCUT2D eigenvalue weighted by Crippen LogP contribution is -2.48. The maximum absolute atomic E-state index is 14.8. The number of fused-ring (bicyclic) bond motifs is 1. The highest BCUT2D eigenvalue weighted by Gasteiger charge is 2.42. The Hall–Kier alpha value is -4.34. The molecule has 3 aromatic carbocycles. The van der Waals surface area contributed by atoms with Crippen LogP contribution in [0.15, 0.2) is 71.9 Å². The van der Waals surface area contributed by atoms with Crippen LogP contribution in [0.3, 0.4) is 0 Å². The number of nitrogens with zero attached hydrogens (tertiary/aromatic N) is 2. The molecule has 3 aliphatic heterocycles. The Morgan fingerprint density at radius 3 is 2.51 bits per heavy atom. The van der Waals surface area contributed by atoms with Gasteiger partial charge in [0.2, 0.25) is 6.10 Å². The van der Waals surface area contributed by atoms with E-state index in [0.717, 1.165) is 36.2 Å². The van der Waals surface area contributed by atoms with Crippen LogP contribution in [-0.4, -0.2) is 59.6 Å². The molecule has 0 spiro atoms. The van der Waals surface area contributed by atoms with Gasteiger partial charge in [-0.25, -0.2) is 9.18 Å². The van der Waals surface area contributed by atoms with Crippen molar-refractivity contribution in [2.75, 3.05) is 19.6 Å². The highest BCUT2D eigenvalue weighted by Crippen LogP contribution is 2.38. The summed E-state index contributed by atoms with van der Waals surface area (Å²) in [5.41, 5.74) is 5.12. The largest absolute Gasteiger partial charge is 0.456 e. The standard InChI is InChI=1S/C37H37ClFN3O5/c1-37(2,3)46-36(45)24-12-10-22(11-13-24)20-31(43)34-27-7-4-6-25(23-14-17-40-18-15-23)26(27)16-19-42(34)35(44)32-21-30(41-47-32)28-8-5-9-29(38)33(28)39/h4-14,32,34,40H,15-21H2,1-3H3/t32-,34+/m1/s1. The summed E-state index contributed by atoms with van der Waals surface area (Å²) in [5.74, 6) is -1.62. The first-order valence-electron chi connectivity index (χ1n) is 15.8. The lowest BCUT2D eigenvalue weighted by atomic mass is 9.82. The minimum absolute atomic E-state index is 0.0420. The number of ketones is 1. The molecule has 2 atom stereocenters. The number of esters is 1. The minimum Gasteiger partial charge on any atom is -0.456 e. The van der Waals surface area contributed by atoms with Crippen molar-refractivity contribution >= 4 is 40.5 Å². The van der Waals surface area contributed by atoms with Crippen LogP contribution in [0, 0.1) is 5.82 Å². The smallest absolute Gasteiger partial charge is 0.338 e. The van der Waals surface area contributed by atoms with E-state index in [1.807, 2.05) is 12.1 Å². The first-order chi connectivity index (χ1) is 22.5. The Balaban J connectivity index is 1.28. The molecule has 47 heavy (non-hydrogen) atoms. The van der Waals surface area contributed by atoms with Crippen LogP contribution >= 0.6 is 11.6 Å². The van der Waals surface area contributed by atoms with Crippen molar-refractivity contribution in [3.8, 4) is 0 Å². The molecular formula is C37H37ClFN3O5. The lowest BCUT2D eigenvalue weighted by molar-refractivity contribution is -0.149. The monoisotopic (exact) mass is 657 g/mol. The van der Waals surface area contributed by atoms with E-state index >= 15 is 0 Å². The van der Waals surface area contributed by atoms with E-state index in [-0.39, 0.29) is 40.8 Å². The summed E-state index contributed by atoms with van der Waals surface area (Å²) >= 11 is 5.99. The van der Waals surface area contributed by atoms with Gasteiger partial charge in [-0.2, -0.15) is 0 Å². The lowest BCUT2D eigenvalue weighted by Gasteiger charge is -2.38. The van der Waals surface area contributed by atoms with Gasteiger partial charge in [0.15, 0.2) is 11.6 Å². The summed E-state index contributed by atoms with van der Waals surface area (Å²) in [4.78, 5) is 48.1. The van der Waals surface area contributed by atoms with E-state index in [9.17, 15) is 18.8 Å².